The van der Waals surface area contributed by atoms with E-state index in [2.05, 4.69) is 9.72 Å². The number of nitrogen functional groups attached to an aromatic ring is 1. The van der Waals surface area contributed by atoms with Crippen molar-refractivity contribution in [3.05, 3.63) is 23.4 Å². The van der Waals surface area contributed by atoms with Crippen LogP contribution >= 0.6 is 0 Å². The van der Waals surface area contributed by atoms with Crippen molar-refractivity contribution in [1.82, 2.24) is 4.98 Å². The number of esters is 1. The van der Waals surface area contributed by atoms with Crippen LogP contribution in [0.3, 0.4) is 0 Å². The van der Waals surface area contributed by atoms with Crippen LogP contribution in [0.2, 0.25) is 0 Å². The molecule has 2 N–H and O–H groups in total. The number of carbonyl (C=O) groups is 1. The number of hydrogen-bond donors (Lipinski definition) is 1. The topological polar surface area (TPSA) is 89.0 Å². The number of nitriles is 1. The Morgan fingerprint density at radius 1 is 1.79 bits per heavy atom. The highest BCUT2D eigenvalue weighted by atomic mass is 16.5. The highest BCUT2D eigenvalue weighted by molar-refractivity contribution is 5.72. The number of carbonyl (C=O) groups excluding carboxylic acids is 1. The minimum Gasteiger partial charge on any atom is -0.469 e. The Labute approximate surface area is 81.1 Å². The molecule has 1 rings (SSSR count). The second-order valence-electron chi connectivity index (χ2n) is 2.64. The van der Waals surface area contributed by atoms with Gasteiger partial charge in [0.1, 0.15) is 11.9 Å². The first-order valence-electron chi connectivity index (χ1n) is 3.88. The van der Waals surface area contributed by atoms with Crippen LogP contribution in [0.1, 0.15) is 11.1 Å². The zero-order valence-corrected chi connectivity index (χ0v) is 7.65. The van der Waals surface area contributed by atoms with Crippen LogP contribution < -0.4 is 5.73 Å². The Bertz CT molecular complexity index is 396. The summed E-state index contributed by atoms with van der Waals surface area (Å²) in [5.74, 6) is -0.207. The number of methoxy groups -OCH3 is 1. The summed E-state index contributed by atoms with van der Waals surface area (Å²) >= 11 is 0. The van der Waals surface area contributed by atoms with Crippen LogP contribution in [0.25, 0.3) is 0 Å². The highest BCUT2D eigenvalue weighted by Gasteiger charge is 2.06. The van der Waals surface area contributed by atoms with Crippen molar-refractivity contribution < 1.29 is 9.53 Å². The van der Waals surface area contributed by atoms with E-state index in [1.54, 1.807) is 0 Å². The molecule has 0 amide bonds. The van der Waals surface area contributed by atoms with Crippen molar-refractivity contribution in [2.75, 3.05) is 12.8 Å². The van der Waals surface area contributed by atoms with Crippen molar-refractivity contribution in [2.45, 2.75) is 6.42 Å². The molecular weight excluding hydrogens is 182 g/mol. The van der Waals surface area contributed by atoms with Gasteiger partial charge < -0.3 is 10.5 Å². The first-order chi connectivity index (χ1) is 6.67. The van der Waals surface area contributed by atoms with Gasteiger partial charge in [0, 0.05) is 6.20 Å². The molecule has 1 aromatic heterocycles. The van der Waals surface area contributed by atoms with Gasteiger partial charge >= 0.3 is 5.97 Å². The van der Waals surface area contributed by atoms with Gasteiger partial charge in [-0.05, 0) is 11.6 Å². The Balaban J connectivity index is 2.91. The molecule has 0 radical (unpaired) electrons. The summed E-state index contributed by atoms with van der Waals surface area (Å²) in [7, 11) is 1.30. The number of nitrogens with zero attached hydrogens (tertiary/aromatic N) is 2. The number of anilines is 1. The van der Waals surface area contributed by atoms with E-state index in [0.717, 1.165) is 0 Å². The average molecular weight is 191 g/mol. The van der Waals surface area contributed by atoms with Crippen molar-refractivity contribution in [2.24, 2.45) is 0 Å². The van der Waals surface area contributed by atoms with Gasteiger partial charge in [0.25, 0.3) is 0 Å². The number of hydrogen-bond acceptors (Lipinski definition) is 5. The monoisotopic (exact) mass is 191 g/mol. The SMILES string of the molecule is COC(=O)Cc1cnc(N)c(C#N)c1. The van der Waals surface area contributed by atoms with Crippen molar-refractivity contribution in [3.8, 4) is 6.07 Å². The molecule has 1 aromatic rings. The van der Waals surface area contributed by atoms with E-state index in [0.29, 0.717) is 5.56 Å². The molecule has 0 saturated heterocycles. The fraction of sp³-hybridized carbons (Fsp3) is 0.222. The molecule has 0 fully saturated rings. The van der Waals surface area contributed by atoms with E-state index in [1.807, 2.05) is 6.07 Å². The Morgan fingerprint density at radius 2 is 2.50 bits per heavy atom. The molecule has 14 heavy (non-hydrogen) atoms. The number of rotatable bonds is 2. The van der Waals surface area contributed by atoms with Crippen molar-refractivity contribution in [1.29, 1.82) is 5.26 Å². The highest BCUT2D eigenvalue weighted by Crippen LogP contribution is 2.09. The standard InChI is InChI=1S/C9H9N3O2/c1-14-8(13)3-6-2-7(4-10)9(11)12-5-6/h2,5H,3H2,1H3,(H2,11,12). The lowest BCUT2D eigenvalue weighted by Gasteiger charge is -2.01. The minimum absolute atomic E-state index is 0.0957. The van der Waals surface area contributed by atoms with Crippen LogP contribution in [0.5, 0.6) is 0 Å². The van der Waals surface area contributed by atoms with E-state index in [9.17, 15) is 4.79 Å². The fourth-order valence-corrected chi connectivity index (χ4v) is 0.944. The van der Waals surface area contributed by atoms with Crippen LogP contribution in [0, 0.1) is 11.3 Å². The molecule has 0 aliphatic heterocycles. The van der Waals surface area contributed by atoms with Gasteiger partial charge in [-0.1, -0.05) is 0 Å². The maximum atomic E-state index is 10.9. The summed E-state index contributed by atoms with van der Waals surface area (Å²) in [6.45, 7) is 0. The largest absolute Gasteiger partial charge is 0.469 e. The molecule has 0 aliphatic carbocycles. The van der Waals surface area contributed by atoms with Gasteiger partial charge in [0.15, 0.2) is 0 Å². The smallest absolute Gasteiger partial charge is 0.310 e. The molecule has 0 saturated carbocycles. The maximum Gasteiger partial charge on any atom is 0.310 e. The van der Waals surface area contributed by atoms with E-state index in [-0.39, 0.29) is 23.8 Å². The molecule has 0 bridgehead atoms. The van der Waals surface area contributed by atoms with Gasteiger partial charge in [-0.2, -0.15) is 5.26 Å². The lowest BCUT2D eigenvalue weighted by Crippen LogP contribution is -2.06. The quantitative estimate of drug-likeness (QED) is 0.677. The molecular formula is C9H9N3O2. The third-order valence-electron chi connectivity index (χ3n) is 1.67. The fourth-order valence-electron chi connectivity index (χ4n) is 0.944. The summed E-state index contributed by atoms with van der Waals surface area (Å²) in [5, 5.41) is 8.65. The number of pyridine rings is 1. The van der Waals surface area contributed by atoms with Crippen LogP contribution in [0.15, 0.2) is 12.3 Å². The van der Waals surface area contributed by atoms with E-state index >= 15 is 0 Å². The van der Waals surface area contributed by atoms with Gasteiger partial charge in [-0.15, -0.1) is 0 Å². The van der Waals surface area contributed by atoms with Gasteiger partial charge in [0.2, 0.25) is 0 Å². The molecule has 0 spiro atoms. The molecule has 5 nitrogen and oxygen atoms in total. The lowest BCUT2D eigenvalue weighted by molar-refractivity contribution is -0.139. The minimum atomic E-state index is -0.375. The van der Waals surface area contributed by atoms with Crippen LogP contribution in [0.4, 0.5) is 5.82 Å². The van der Waals surface area contributed by atoms with E-state index in [4.69, 9.17) is 11.0 Å². The predicted octanol–water partition coefficient (Wildman–Crippen LogP) is 0.251. The molecule has 0 atom stereocenters. The first kappa shape index (κ1) is 9.99. The number of aromatic nitrogens is 1. The lowest BCUT2D eigenvalue weighted by atomic mass is 10.1. The number of ether oxygens (including phenoxy) is 1. The van der Waals surface area contributed by atoms with Crippen LogP contribution in [-0.2, 0) is 16.0 Å². The molecule has 0 unspecified atom stereocenters. The average Bonchev–Trinajstić information content (AvgIpc) is 2.20. The summed E-state index contributed by atoms with van der Waals surface area (Å²) in [6.07, 6.45) is 1.55. The van der Waals surface area contributed by atoms with E-state index in [1.165, 1.54) is 19.4 Å². The van der Waals surface area contributed by atoms with Crippen molar-refractivity contribution >= 4 is 11.8 Å². The Morgan fingerprint density at radius 3 is 3.07 bits per heavy atom. The number of nitrogens with two attached hydrogens (primary N) is 1. The summed E-state index contributed by atoms with van der Waals surface area (Å²) < 4.78 is 4.48. The molecule has 1 heterocycles. The third kappa shape index (κ3) is 2.20. The predicted molar refractivity (Wildman–Crippen MR) is 49.1 cm³/mol. The molecule has 5 heteroatoms. The normalized spacial score (nSPS) is 9.14. The van der Waals surface area contributed by atoms with E-state index < -0.39 is 0 Å². The summed E-state index contributed by atoms with van der Waals surface area (Å²) in [6, 6.07) is 3.41. The van der Waals surface area contributed by atoms with Gasteiger partial charge in [0.05, 0.1) is 19.1 Å². The van der Waals surface area contributed by atoms with Gasteiger partial charge in [-0.3, -0.25) is 4.79 Å². The third-order valence-corrected chi connectivity index (χ3v) is 1.67. The second kappa shape index (κ2) is 4.23. The summed E-state index contributed by atoms with van der Waals surface area (Å²) in [5.41, 5.74) is 6.30. The van der Waals surface area contributed by atoms with Crippen LogP contribution in [-0.4, -0.2) is 18.1 Å². The first-order valence-corrected chi connectivity index (χ1v) is 3.88. The zero-order valence-electron chi connectivity index (χ0n) is 7.65. The molecule has 72 valence electrons. The zero-order chi connectivity index (χ0) is 10.6. The van der Waals surface area contributed by atoms with Crippen molar-refractivity contribution in [3.63, 3.8) is 0 Å². The maximum absolute atomic E-state index is 10.9. The Kier molecular flexibility index (Phi) is 3.02. The second-order valence-corrected chi connectivity index (χ2v) is 2.64. The molecule has 0 aromatic carbocycles. The Hall–Kier alpha value is -2.09. The van der Waals surface area contributed by atoms with Gasteiger partial charge in [-0.25, -0.2) is 4.98 Å². The summed E-state index contributed by atoms with van der Waals surface area (Å²) in [4.78, 5) is 14.7. The molecule has 0 aliphatic rings.